The summed E-state index contributed by atoms with van der Waals surface area (Å²) in [5.41, 5.74) is 10.1. The second-order valence-electron chi connectivity index (χ2n) is 8.49. The number of nitrogens with one attached hydrogen (secondary N) is 1. The first-order valence-electron chi connectivity index (χ1n) is 10.9. The van der Waals surface area contributed by atoms with Crippen molar-refractivity contribution in [2.24, 2.45) is 11.0 Å². The lowest BCUT2D eigenvalue weighted by Crippen LogP contribution is -2.50. The average molecular weight is 471 g/mol. The molecule has 1 aromatic carbocycles. The van der Waals surface area contributed by atoms with Gasteiger partial charge in [0.1, 0.15) is 23.6 Å². The Morgan fingerprint density at radius 1 is 1.32 bits per heavy atom. The summed E-state index contributed by atoms with van der Waals surface area (Å²) in [5.74, 6) is -1.84. The number of amides is 2. The summed E-state index contributed by atoms with van der Waals surface area (Å²) in [6.45, 7) is 2.97. The van der Waals surface area contributed by atoms with Crippen LogP contribution in [0.1, 0.15) is 31.9 Å². The molecule has 1 aliphatic rings. The molecule has 0 unspecified atom stereocenters. The minimum atomic E-state index is -1.00. The molecule has 1 fully saturated rings. The fourth-order valence-corrected chi connectivity index (χ4v) is 3.97. The molecule has 0 spiro atoms. The highest BCUT2D eigenvalue weighted by atomic mass is 19.1. The third-order valence-electron chi connectivity index (χ3n) is 5.77. The Balaban J connectivity index is 1.76. The molecular weight excluding hydrogens is 443 g/mol. The second kappa shape index (κ2) is 11.1. The molecule has 4 atom stereocenters. The first-order valence-corrected chi connectivity index (χ1v) is 10.9. The molecule has 10 nitrogen and oxygen atoms in total. The Bertz CT molecular complexity index is 1070. The van der Waals surface area contributed by atoms with Gasteiger partial charge in [-0.3, -0.25) is 14.6 Å². The van der Waals surface area contributed by atoms with Crippen molar-refractivity contribution in [3.8, 4) is 11.3 Å². The van der Waals surface area contributed by atoms with Gasteiger partial charge in [0.25, 0.3) is 0 Å². The molecule has 0 bridgehead atoms. The summed E-state index contributed by atoms with van der Waals surface area (Å²) in [5, 5.41) is 26.3. The number of aliphatic hydroxyl groups is 2. The van der Waals surface area contributed by atoms with Crippen molar-refractivity contribution in [1.29, 1.82) is 0 Å². The topological polar surface area (TPSA) is 152 Å². The molecule has 180 valence electrons. The van der Waals surface area contributed by atoms with Crippen LogP contribution in [0.2, 0.25) is 0 Å². The van der Waals surface area contributed by atoms with Crippen LogP contribution in [-0.4, -0.2) is 63.3 Å². The van der Waals surface area contributed by atoms with Crippen LogP contribution in [0.4, 0.5) is 4.39 Å². The van der Waals surface area contributed by atoms with Gasteiger partial charge in [0.2, 0.25) is 11.8 Å². The van der Waals surface area contributed by atoms with Gasteiger partial charge < -0.3 is 20.4 Å². The van der Waals surface area contributed by atoms with E-state index in [0.717, 1.165) is 0 Å². The molecular formula is C23H27FN6O4. The number of pyridine rings is 1. The van der Waals surface area contributed by atoms with Crippen LogP contribution in [0, 0.1) is 11.7 Å². The lowest BCUT2D eigenvalue weighted by molar-refractivity contribution is -0.140. The van der Waals surface area contributed by atoms with E-state index >= 15 is 0 Å². The van der Waals surface area contributed by atoms with Crippen molar-refractivity contribution in [3.63, 3.8) is 0 Å². The number of hydrogen-bond acceptors (Lipinski definition) is 6. The summed E-state index contributed by atoms with van der Waals surface area (Å²) < 4.78 is 14.0. The maximum Gasteiger partial charge on any atom is 0.243 e. The number of hydrogen-bond donors (Lipinski definition) is 3. The van der Waals surface area contributed by atoms with Crippen LogP contribution < -0.4 is 5.32 Å². The fraction of sp³-hybridized carbons (Fsp3) is 0.435. The number of carbonyl (C=O) groups is 2. The van der Waals surface area contributed by atoms with Crippen LogP contribution in [0.15, 0.2) is 47.7 Å². The number of aliphatic hydroxyl groups excluding tert-OH is 2. The van der Waals surface area contributed by atoms with Crippen molar-refractivity contribution in [2.45, 2.75) is 44.5 Å². The Morgan fingerprint density at radius 3 is 2.62 bits per heavy atom. The van der Waals surface area contributed by atoms with E-state index in [1.807, 2.05) is 0 Å². The molecule has 11 heteroatoms. The SMILES string of the molecule is CC(C)[C@H](N=[N+]=[N-])C(=O)N1C[C@H](O)C[C@H]1C(=O)N[C@@H](CO)c1ccc(-c2ncccc2F)cc1. The highest BCUT2D eigenvalue weighted by Gasteiger charge is 2.42. The Labute approximate surface area is 196 Å². The van der Waals surface area contributed by atoms with Crippen molar-refractivity contribution < 1.29 is 24.2 Å². The Kier molecular flexibility index (Phi) is 8.17. The van der Waals surface area contributed by atoms with Crippen LogP contribution in [-0.2, 0) is 9.59 Å². The Morgan fingerprint density at radius 2 is 2.03 bits per heavy atom. The Hall–Kier alpha value is -3.53. The second-order valence-corrected chi connectivity index (χ2v) is 8.49. The third-order valence-corrected chi connectivity index (χ3v) is 5.77. The highest BCUT2D eigenvalue weighted by molar-refractivity contribution is 5.91. The minimum Gasteiger partial charge on any atom is -0.394 e. The molecule has 1 aliphatic heterocycles. The monoisotopic (exact) mass is 470 g/mol. The zero-order valence-corrected chi connectivity index (χ0v) is 18.9. The van der Waals surface area contributed by atoms with Gasteiger partial charge in [0, 0.05) is 29.6 Å². The number of rotatable bonds is 8. The molecule has 34 heavy (non-hydrogen) atoms. The zero-order chi connectivity index (χ0) is 24.8. The van der Waals surface area contributed by atoms with Crippen LogP contribution in [0.5, 0.6) is 0 Å². The smallest absolute Gasteiger partial charge is 0.243 e. The number of likely N-dealkylation sites (tertiary alicyclic amines) is 1. The molecule has 2 amide bonds. The van der Waals surface area contributed by atoms with Gasteiger partial charge in [0.05, 0.1) is 18.8 Å². The highest BCUT2D eigenvalue weighted by Crippen LogP contribution is 2.25. The van der Waals surface area contributed by atoms with Gasteiger partial charge in [-0.05, 0) is 29.1 Å². The van der Waals surface area contributed by atoms with Gasteiger partial charge >= 0.3 is 0 Å². The van der Waals surface area contributed by atoms with Gasteiger partial charge in [-0.2, -0.15) is 0 Å². The first kappa shape index (κ1) is 25.1. The van der Waals surface area contributed by atoms with Crippen molar-refractivity contribution in [2.75, 3.05) is 13.2 Å². The van der Waals surface area contributed by atoms with E-state index in [4.69, 9.17) is 5.53 Å². The van der Waals surface area contributed by atoms with Gasteiger partial charge in [-0.15, -0.1) is 0 Å². The van der Waals surface area contributed by atoms with Crippen LogP contribution >= 0.6 is 0 Å². The van der Waals surface area contributed by atoms with E-state index in [2.05, 4.69) is 20.3 Å². The van der Waals surface area contributed by atoms with E-state index in [9.17, 15) is 24.2 Å². The number of carbonyl (C=O) groups excluding carboxylic acids is 2. The van der Waals surface area contributed by atoms with E-state index in [1.165, 1.54) is 23.2 Å². The fourth-order valence-electron chi connectivity index (χ4n) is 3.97. The van der Waals surface area contributed by atoms with Crippen molar-refractivity contribution in [3.05, 3.63) is 64.4 Å². The molecule has 3 rings (SSSR count). The first-order chi connectivity index (χ1) is 16.3. The molecule has 2 aromatic rings. The summed E-state index contributed by atoms with van der Waals surface area (Å²) in [6, 6.07) is 6.60. The molecule has 0 aliphatic carbocycles. The van der Waals surface area contributed by atoms with Gasteiger partial charge in [-0.1, -0.05) is 43.2 Å². The number of β-amino-alcohol motifs (C(OH)–C–C–N with tert-alkyl or cyclic N) is 1. The summed E-state index contributed by atoms with van der Waals surface area (Å²) in [6.07, 6.45) is 0.603. The van der Waals surface area contributed by atoms with Gasteiger partial charge in [0.15, 0.2) is 0 Å². The lowest BCUT2D eigenvalue weighted by Gasteiger charge is -2.29. The van der Waals surface area contributed by atoms with Crippen LogP contribution in [0.25, 0.3) is 21.7 Å². The lowest BCUT2D eigenvalue weighted by atomic mass is 10.0. The van der Waals surface area contributed by atoms with Crippen molar-refractivity contribution >= 4 is 11.8 Å². The largest absolute Gasteiger partial charge is 0.394 e. The molecule has 0 saturated carbocycles. The quantitative estimate of drug-likeness (QED) is 0.307. The molecule has 3 N–H and O–H groups in total. The van der Waals surface area contributed by atoms with E-state index in [-0.39, 0.29) is 24.6 Å². The summed E-state index contributed by atoms with van der Waals surface area (Å²) >= 11 is 0. The minimum absolute atomic E-state index is 0.0225. The predicted octanol–water partition coefficient (Wildman–Crippen LogP) is 2.33. The van der Waals surface area contributed by atoms with Crippen LogP contribution in [0.3, 0.4) is 0 Å². The molecule has 1 saturated heterocycles. The number of azide groups is 1. The normalized spacial score (nSPS) is 19.4. The maximum absolute atomic E-state index is 14.0. The summed E-state index contributed by atoms with van der Waals surface area (Å²) in [7, 11) is 0. The van der Waals surface area contributed by atoms with E-state index in [0.29, 0.717) is 11.1 Å². The number of aromatic nitrogens is 1. The maximum atomic E-state index is 14.0. The molecule has 1 aromatic heterocycles. The van der Waals surface area contributed by atoms with E-state index in [1.54, 1.807) is 38.1 Å². The number of halogens is 1. The standard InChI is InChI=1S/C23H27FN6O4/c1-13(2)20(28-29-25)23(34)30-11-16(32)10-19(30)22(33)27-18(12-31)14-5-7-15(8-6-14)21-17(24)4-3-9-26-21/h3-9,13,16,18-20,31-32H,10-12H2,1-2H3,(H,27,33)/t16-,18+,19+,20+/m1/s1. The van der Waals surface area contributed by atoms with E-state index < -0.39 is 48.5 Å². The zero-order valence-electron chi connectivity index (χ0n) is 18.9. The molecule has 2 heterocycles. The number of benzene rings is 1. The number of nitrogens with zero attached hydrogens (tertiary/aromatic N) is 5. The average Bonchev–Trinajstić information content (AvgIpc) is 3.22. The van der Waals surface area contributed by atoms with Crippen molar-refractivity contribution in [1.82, 2.24) is 15.2 Å². The molecule has 0 radical (unpaired) electrons. The van der Waals surface area contributed by atoms with Gasteiger partial charge in [-0.25, -0.2) is 4.39 Å². The predicted molar refractivity (Wildman–Crippen MR) is 121 cm³/mol. The third kappa shape index (κ3) is 5.51. The summed E-state index contributed by atoms with van der Waals surface area (Å²) in [4.78, 5) is 34.0.